The molecular formula is C16H17ClN2O2. The Morgan fingerprint density at radius 2 is 1.95 bits per heavy atom. The zero-order chi connectivity index (χ0) is 15.6. The molecule has 0 radical (unpaired) electrons. The van der Waals surface area contributed by atoms with Crippen molar-refractivity contribution in [2.24, 2.45) is 0 Å². The number of nitrogens with one attached hydrogen (secondary N) is 1. The van der Waals surface area contributed by atoms with E-state index >= 15 is 0 Å². The van der Waals surface area contributed by atoms with Crippen molar-refractivity contribution >= 4 is 23.2 Å². The Balaban J connectivity index is 2.30. The molecule has 4 nitrogen and oxygen atoms in total. The average molecular weight is 305 g/mol. The van der Waals surface area contributed by atoms with Crippen molar-refractivity contribution in [1.82, 2.24) is 4.98 Å². The summed E-state index contributed by atoms with van der Waals surface area (Å²) in [5.74, 6) is -0.0343. The number of aryl methyl sites for hydroxylation is 3. The fourth-order valence-electron chi connectivity index (χ4n) is 1.99. The maximum absolute atomic E-state index is 12.3. The zero-order valence-electron chi connectivity index (χ0n) is 12.2. The van der Waals surface area contributed by atoms with Crippen molar-refractivity contribution < 1.29 is 9.90 Å². The van der Waals surface area contributed by atoms with E-state index < -0.39 is 0 Å². The van der Waals surface area contributed by atoms with Crippen molar-refractivity contribution in [2.45, 2.75) is 27.2 Å². The largest absolute Gasteiger partial charge is 0.508 e. The number of aromatic hydroxyl groups is 1. The highest BCUT2D eigenvalue weighted by molar-refractivity contribution is 6.29. The number of hydrogen-bond acceptors (Lipinski definition) is 3. The number of phenols is 1. The van der Waals surface area contributed by atoms with Gasteiger partial charge in [0.15, 0.2) is 0 Å². The van der Waals surface area contributed by atoms with Gasteiger partial charge in [0.1, 0.15) is 10.9 Å². The van der Waals surface area contributed by atoms with Gasteiger partial charge >= 0.3 is 0 Å². The molecular weight excluding hydrogens is 288 g/mol. The number of nitrogens with zero attached hydrogens (tertiary/aromatic N) is 1. The Morgan fingerprint density at radius 3 is 2.62 bits per heavy atom. The molecule has 0 unspecified atom stereocenters. The Labute approximate surface area is 128 Å². The maximum atomic E-state index is 12.3. The fourth-order valence-corrected chi connectivity index (χ4v) is 2.22. The second kappa shape index (κ2) is 6.14. The van der Waals surface area contributed by atoms with Gasteiger partial charge in [0.25, 0.3) is 5.91 Å². The summed E-state index contributed by atoms with van der Waals surface area (Å²) in [4.78, 5) is 16.5. The Morgan fingerprint density at radius 1 is 1.24 bits per heavy atom. The molecule has 2 N–H and O–H groups in total. The van der Waals surface area contributed by atoms with Crippen molar-refractivity contribution in [1.29, 1.82) is 0 Å². The van der Waals surface area contributed by atoms with E-state index in [1.165, 1.54) is 0 Å². The van der Waals surface area contributed by atoms with Crippen LogP contribution in [-0.2, 0) is 6.42 Å². The summed E-state index contributed by atoms with van der Waals surface area (Å²) in [6, 6.07) is 6.64. The molecule has 1 amide bonds. The summed E-state index contributed by atoms with van der Waals surface area (Å²) in [6.45, 7) is 5.56. The standard InChI is InChI=1S/C16H17ClN2O2/c1-4-12-7-11(8-15(17)18-12)16(21)19-13-5-10(3)14(20)6-9(13)2/h5-8,20H,4H2,1-3H3,(H,19,21). The summed E-state index contributed by atoms with van der Waals surface area (Å²) < 4.78 is 0. The highest BCUT2D eigenvalue weighted by atomic mass is 35.5. The molecule has 0 aliphatic heterocycles. The number of anilines is 1. The van der Waals surface area contributed by atoms with Crippen LogP contribution in [-0.4, -0.2) is 16.0 Å². The Hall–Kier alpha value is -2.07. The van der Waals surface area contributed by atoms with Gasteiger partial charge in [-0.05, 0) is 55.7 Å². The van der Waals surface area contributed by atoms with Gasteiger partial charge in [-0.2, -0.15) is 0 Å². The van der Waals surface area contributed by atoms with Crippen LogP contribution in [0.3, 0.4) is 0 Å². The lowest BCUT2D eigenvalue weighted by Gasteiger charge is -2.11. The number of halogens is 1. The zero-order valence-corrected chi connectivity index (χ0v) is 13.0. The minimum Gasteiger partial charge on any atom is -0.508 e. The number of pyridine rings is 1. The van der Waals surface area contributed by atoms with E-state index in [9.17, 15) is 9.90 Å². The van der Waals surface area contributed by atoms with Crippen LogP contribution in [0.15, 0.2) is 24.3 Å². The normalized spacial score (nSPS) is 10.5. The third kappa shape index (κ3) is 3.52. The first-order valence-corrected chi connectivity index (χ1v) is 7.06. The van der Waals surface area contributed by atoms with Crippen LogP contribution in [0.2, 0.25) is 5.15 Å². The van der Waals surface area contributed by atoms with Crippen LogP contribution in [0.25, 0.3) is 0 Å². The number of amides is 1. The number of rotatable bonds is 3. The molecule has 1 aromatic heterocycles. The quantitative estimate of drug-likeness (QED) is 0.668. The van der Waals surface area contributed by atoms with E-state index in [2.05, 4.69) is 10.3 Å². The highest BCUT2D eigenvalue weighted by Gasteiger charge is 2.11. The van der Waals surface area contributed by atoms with Gasteiger partial charge < -0.3 is 10.4 Å². The third-order valence-corrected chi connectivity index (χ3v) is 3.46. The molecule has 2 aromatic rings. The monoisotopic (exact) mass is 304 g/mol. The smallest absolute Gasteiger partial charge is 0.255 e. The van der Waals surface area contributed by atoms with Crippen LogP contribution < -0.4 is 5.32 Å². The van der Waals surface area contributed by atoms with Crippen molar-refractivity contribution in [3.63, 3.8) is 0 Å². The molecule has 110 valence electrons. The van der Waals surface area contributed by atoms with E-state index in [4.69, 9.17) is 11.6 Å². The van der Waals surface area contributed by atoms with E-state index in [0.29, 0.717) is 28.4 Å². The lowest BCUT2D eigenvalue weighted by molar-refractivity contribution is 0.102. The SMILES string of the molecule is CCc1cc(C(=O)Nc2cc(C)c(O)cc2C)cc(Cl)n1. The molecule has 5 heteroatoms. The van der Waals surface area contributed by atoms with Crippen molar-refractivity contribution in [3.8, 4) is 5.75 Å². The molecule has 21 heavy (non-hydrogen) atoms. The number of carbonyl (C=O) groups is 1. The minimum absolute atomic E-state index is 0.214. The first-order valence-electron chi connectivity index (χ1n) is 6.68. The molecule has 1 heterocycles. The van der Waals surface area contributed by atoms with Gasteiger partial charge in [-0.3, -0.25) is 4.79 Å². The van der Waals surface area contributed by atoms with Crippen LogP contribution in [0, 0.1) is 13.8 Å². The molecule has 1 aromatic carbocycles. The molecule has 0 aliphatic rings. The summed E-state index contributed by atoms with van der Waals surface area (Å²) in [5, 5.41) is 12.8. The average Bonchev–Trinajstić information content (AvgIpc) is 2.43. The molecule has 0 bridgehead atoms. The molecule has 0 saturated heterocycles. The molecule has 0 atom stereocenters. The van der Waals surface area contributed by atoms with Gasteiger partial charge in [-0.15, -0.1) is 0 Å². The van der Waals surface area contributed by atoms with E-state index in [1.807, 2.05) is 13.8 Å². The number of aromatic nitrogens is 1. The van der Waals surface area contributed by atoms with E-state index in [1.54, 1.807) is 31.2 Å². The Bertz CT molecular complexity index is 699. The van der Waals surface area contributed by atoms with Gasteiger partial charge in [0.05, 0.1) is 0 Å². The Kier molecular flexibility index (Phi) is 4.48. The third-order valence-electron chi connectivity index (χ3n) is 3.26. The van der Waals surface area contributed by atoms with Gasteiger partial charge in [0, 0.05) is 16.9 Å². The maximum Gasteiger partial charge on any atom is 0.255 e. The predicted octanol–water partition coefficient (Wildman–Crippen LogP) is 3.87. The van der Waals surface area contributed by atoms with Gasteiger partial charge in [-0.1, -0.05) is 18.5 Å². The minimum atomic E-state index is -0.248. The first-order chi connectivity index (χ1) is 9.90. The molecule has 0 fully saturated rings. The van der Waals surface area contributed by atoms with Gasteiger partial charge in [0.2, 0.25) is 0 Å². The first kappa shape index (κ1) is 15.3. The number of hydrogen-bond donors (Lipinski definition) is 2. The van der Waals surface area contributed by atoms with Crippen molar-refractivity contribution in [3.05, 3.63) is 51.8 Å². The lowest BCUT2D eigenvalue weighted by Crippen LogP contribution is -2.13. The predicted molar refractivity (Wildman–Crippen MR) is 84.2 cm³/mol. The van der Waals surface area contributed by atoms with Crippen LogP contribution in [0.5, 0.6) is 5.75 Å². The lowest BCUT2D eigenvalue weighted by atomic mass is 10.1. The van der Waals surface area contributed by atoms with E-state index in [0.717, 1.165) is 11.3 Å². The summed E-state index contributed by atoms with van der Waals surface area (Å²) in [6.07, 6.45) is 0.707. The summed E-state index contributed by atoms with van der Waals surface area (Å²) in [5.41, 5.74) is 3.41. The molecule has 0 saturated carbocycles. The van der Waals surface area contributed by atoms with Gasteiger partial charge in [-0.25, -0.2) is 4.98 Å². The van der Waals surface area contributed by atoms with Crippen molar-refractivity contribution in [2.75, 3.05) is 5.32 Å². The molecule has 0 aliphatic carbocycles. The summed E-state index contributed by atoms with van der Waals surface area (Å²) >= 11 is 5.93. The van der Waals surface area contributed by atoms with Crippen LogP contribution in [0.4, 0.5) is 5.69 Å². The topological polar surface area (TPSA) is 62.2 Å². The van der Waals surface area contributed by atoms with Crippen LogP contribution >= 0.6 is 11.6 Å². The molecule has 0 spiro atoms. The summed E-state index contributed by atoms with van der Waals surface area (Å²) in [7, 11) is 0. The second-order valence-corrected chi connectivity index (χ2v) is 5.32. The number of phenolic OH excluding ortho intramolecular Hbond substituents is 1. The highest BCUT2D eigenvalue weighted by Crippen LogP contribution is 2.25. The number of benzene rings is 1. The van der Waals surface area contributed by atoms with Crippen LogP contribution in [0.1, 0.15) is 34.1 Å². The van der Waals surface area contributed by atoms with E-state index in [-0.39, 0.29) is 11.7 Å². The fraction of sp³-hybridized carbons (Fsp3) is 0.250. The number of carbonyl (C=O) groups excluding carboxylic acids is 1. The second-order valence-electron chi connectivity index (χ2n) is 4.93. The molecule has 2 rings (SSSR count).